The van der Waals surface area contributed by atoms with E-state index in [4.69, 9.17) is 14.7 Å². The fourth-order valence-electron chi connectivity index (χ4n) is 0.895. The summed E-state index contributed by atoms with van der Waals surface area (Å²) in [6.07, 6.45) is -0.297. The van der Waals surface area contributed by atoms with E-state index in [-0.39, 0.29) is 42.5 Å². The van der Waals surface area contributed by atoms with Crippen LogP contribution in [0.5, 0.6) is 0 Å². The van der Waals surface area contributed by atoms with Gasteiger partial charge in [0.2, 0.25) is 5.40 Å². The van der Waals surface area contributed by atoms with Crippen LogP contribution in [-0.2, 0) is 0 Å². The number of rotatable bonds is 5. The van der Waals surface area contributed by atoms with Gasteiger partial charge < -0.3 is 19.6 Å². The molecule has 0 aromatic carbocycles. The van der Waals surface area contributed by atoms with Gasteiger partial charge in [-0.25, -0.2) is 9.79 Å². The van der Waals surface area contributed by atoms with Gasteiger partial charge in [0.05, 0.1) is 7.94 Å². The molecule has 0 rings (SSSR count). The average molecular weight is 269 g/mol. The third kappa shape index (κ3) is 8.32. The van der Waals surface area contributed by atoms with Crippen LogP contribution < -0.4 is 44.2 Å². The Bertz CT molecular complexity index is 167. The van der Waals surface area contributed by atoms with E-state index in [0.717, 1.165) is 0 Å². The van der Waals surface area contributed by atoms with Crippen molar-refractivity contribution in [3.8, 4) is 0 Å². The van der Waals surface area contributed by atoms with Crippen LogP contribution >= 0.6 is 15.9 Å². The van der Waals surface area contributed by atoms with Crippen molar-refractivity contribution in [1.29, 1.82) is 0 Å². The van der Waals surface area contributed by atoms with Crippen molar-refractivity contribution in [2.45, 2.75) is 11.8 Å². The summed E-state index contributed by atoms with van der Waals surface area (Å²) < 4.78 is 0. The molecule has 0 aliphatic carbocycles. The monoisotopic (exact) mass is 269 g/mol. The van der Waals surface area contributed by atoms with Gasteiger partial charge in [-0.3, -0.25) is 4.89 Å². The normalized spacial score (nSPS) is 15.0. The Labute approximate surface area is 112 Å². The van der Waals surface area contributed by atoms with E-state index in [2.05, 4.69) is 0 Å². The van der Waals surface area contributed by atoms with Crippen LogP contribution in [0.25, 0.3) is 0 Å². The molecule has 1 unspecified atom stereocenters. The van der Waals surface area contributed by atoms with Gasteiger partial charge in [-0.15, -0.1) is 0 Å². The first kappa shape index (κ1) is 18.9. The third-order valence-corrected chi connectivity index (χ3v) is 5.42. The van der Waals surface area contributed by atoms with Gasteiger partial charge in [0.25, 0.3) is 7.94 Å². The first-order valence-electron chi connectivity index (χ1n) is 3.78. The molecule has 86 valence electrons. The Morgan fingerprint density at radius 1 is 1.13 bits per heavy atom. The van der Waals surface area contributed by atoms with E-state index in [0.29, 0.717) is 0 Å². The quantitative estimate of drug-likeness (QED) is 0.334. The molecule has 0 saturated carbocycles. The first-order valence-corrected chi connectivity index (χ1v) is 7.11. The van der Waals surface area contributed by atoms with Crippen molar-refractivity contribution >= 4 is 15.9 Å². The van der Waals surface area contributed by atoms with Gasteiger partial charge in [0.1, 0.15) is 0 Å². The number of nitrogens with zero attached hydrogens (tertiary/aromatic N) is 1. The summed E-state index contributed by atoms with van der Waals surface area (Å²) in [6, 6.07) is 0. The van der Waals surface area contributed by atoms with Crippen molar-refractivity contribution in [2.75, 3.05) is 20.6 Å². The smallest absolute Gasteiger partial charge is 0.656 e. The van der Waals surface area contributed by atoms with E-state index >= 15 is 0 Å². The van der Waals surface area contributed by atoms with Crippen molar-refractivity contribution in [3.05, 3.63) is 0 Å². The number of hydrogen-bond donors (Lipinski definition) is 3. The third-order valence-electron chi connectivity index (χ3n) is 1.60. The Morgan fingerprint density at radius 2 is 1.53 bits per heavy atom. The summed E-state index contributed by atoms with van der Waals surface area (Å²) in [7, 11) is -6.54. The molecule has 1 atom stereocenters. The molecule has 0 aliphatic heterocycles. The molecule has 0 radical (unpaired) electrons. The van der Waals surface area contributed by atoms with Gasteiger partial charge in [-0.1, -0.05) is 0 Å². The molecule has 0 fully saturated rings. The van der Waals surface area contributed by atoms with Crippen molar-refractivity contribution < 1.29 is 58.9 Å². The van der Waals surface area contributed by atoms with Gasteiger partial charge >= 0.3 is 29.6 Å². The van der Waals surface area contributed by atoms with Crippen LogP contribution in [-0.4, -0.2) is 45.6 Å². The fraction of sp³-hybridized carbons (Fsp3) is 1.00. The molecule has 0 amide bonds. The van der Waals surface area contributed by atoms with Gasteiger partial charge in [-0.2, -0.15) is 0 Å². The molecule has 15 heavy (non-hydrogen) atoms. The summed E-state index contributed by atoms with van der Waals surface area (Å²) >= 11 is 0. The van der Waals surface area contributed by atoms with Gasteiger partial charge in [-0.05, 0) is 14.1 Å². The summed E-state index contributed by atoms with van der Waals surface area (Å²) in [5, 5.41) is -2.00. The van der Waals surface area contributed by atoms with Crippen LogP contribution in [0.1, 0.15) is 6.42 Å². The average Bonchev–Trinajstić information content (AvgIpc) is 1.78. The minimum absolute atomic E-state index is 0. The largest absolute Gasteiger partial charge is 1.00 e. The summed E-state index contributed by atoms with van der Waals surface area (Å²) in [4.78, 5) is 59.6. The molecule has 0 saturated heterocycles. The van der Waals surface area contributed by atoms with Crippen molar-refractivity contribution in [1.82, 2.24) is 4.90 Å². The van der Waals surface area contributed by atoms with Crippen LogP contribution in [0.2, 0.25) is 0 Å². The molecule has 10 heteroatoms. The zero-order chi connectivity index (χ0) is 11.6. The van der Waals surface area contributed by atoms with Crippen LogP contribution in [0.4, 0.5) is 0 Å². The standard InChI is InChI=1S/C5H15NO6P2.Na/c1-6(2)4-3-5(13(7,8)9)14(10,11)12;/h5H,3-4H2,1-2H3,(H2,7,8,9)(H2,10,11,12);/q;+1/p-1. The Balaban J connectivity index is 0. The zero-order valence-electron chi connectivity index (χ0n) is 8.90. The van der Waals surface area contributed by atoms with E-state index in [1.807, 2.05) is 0 Å². The zero-order valence-corrected chi connectivity index (χ0v) is 12.7. The predicted molar refractivity (Wildman–Crippen MR) is 47.5 cm³/mol. The molecular formula is C5H14NNaO6P2. The minimum atomic E-state index is -4.99. The first-order chi connectivity index (χ1) is 6.05. The SMILES string of the molecule is CN(C)CCC([P+]([O-])([O-])O)[P+]([O-])(O)O.[Na+]. The van der Waals surface area contributed by atoms with Gasteiger partial charge in [0.15, 0.2) is 0 Å². The molecule has 0 spiro atoms. The molecule has 0 heterocycles. The van der Waals surface area contributed by atoms with E-state index in [1.54, 1.807) is 19.0 Å². The maximum atomic E-state index is 10.7. The Hall–Kier alpha value is 1.58. The van der Waals surface area contributed by atoms with Crippen LogP contribution in [0.3, 0.4) is 0 Å². The molecule has 0 aromatic rings. The topological polar surface area (TPSA) is 133 Å². The summed E-state index contributed by atoms with van der Waals surface area (Å²) in [6.45, 7) is 0.169. The van der Waals surface area contributed by atoms with Crippen molar-refractivity contribution in [2.24, 2.45) is 0 Å². The maximum absolute atomic E-state index is 10.7. The van der Waals surface area contributed by atoms with Crippen molar-refractivity contribution in [3.63, 3.8) is 0 Å². The second kappa shape index (κ2) is 7.11. The summed E-state index contributed by atoms with van der Waals surface area (Å²) in [5.41, 5.74) is 0. The molecule has 3 N–H and O–H groups in total. The summed E-state index contributed by atoms with van der Waals surface area (Å²) in [5.74, 6) is 0. The van der Waals surface area contributed by atoms with Crippen LogP contribution in [0, 0.1) is 0 Å². The maximum Gasteiger partial charge on any atom is 1.00 e. The predicted octanol–water partition coefficient (Wildman–Crippen LogP) is -6.15. The molecular weight excluding hydrogens is 255 g/mol. The Morgan fingerprint density at radius 3 is 1.73 bits per heavy atom. The van der Waals surface area contributed by atoms with E-state index in [9.17, 15) is 14.7 Å². The van der Waals surface area contributed by atoms with E-state index in [1.165, 1.54) is 0 Å². The second-order valence-electron chi connectivity index (χ2n) is 3.23. The molecule has 7 nitrogen and oxygen atoms in total. The van der Waals surface area contributed by atoms with Gasteiger partial charge in [0, 0.05) is 13.0 Å². The molecule has 0 bridgehead atoms. The second-order valence-corrected chi connectivity index (χ2v) is 7.19. The fourth-order valence-corrected chi connectivity index (χ4v) is 3.31. The van der Waals surface area contributed by atoms with Crippen LogP contribution in [0.15, 0.2) is 0 Å². The Kier molecular flexibility index (Phi) is 8.98. The molecule has 0 aromatic heterocycles. The molecule has 0 aliphatic rings. The number of hydrogen-bond acceptors (Lipinski definition) is 7. The minimum Gasteiger partial charge on any atom is -0.656 e. The van der Waals surface area contributed by atoms with E-state index < -0.39 is 21.3 Å².